The third-order valence-electron chi connectivity index (χ3n) is 6.55. The van der Waals surface area contributed by atoms with Crippen molar-refractivity contribution in [3.05, 3.63) is 23.4 Å². The number of ether oxygens (including phenoxy) is 2. The molecule has 0 spiro atoms. The molecular formula is C24H33N3O2. The number of hydrogen-bond donors (Lipinski definition) is 1. The third kappa shape index (κ3) is 4.16. The summed E-state index contributed by atoms with van der Waals surface area (Å²) in [5.41, 5.74) is 5.03. The molecule has 0 amide bonds. The Morgan fingerprint density at radius 2 is 1.90 bits per heavy atom. The van der Waals surface area contributed by atoms with Gasteiger partial charge in [0.15, 0.2) is 11.5 Å². The quantitative estimate of drug-likeness (QED) is 0.664. The van der Waals surface area contributed by atoms with Crippen molar-refractivity contribution in [2.24, 2.45) is 0 Å². The van der Waals surface area contributed by atoms with Crippen molar-refractivity contribution in [2.45, 2.75) is 63.8 Å². The highest BCUT2D eigenvalue weighted by Crippen LogP contribution is 2.41. The molecule has 1 saturated carbocycles. The molecule has 5 nitrogen and oxygen atoms in total. The van der Waals surface area contributed by atoms with Crippen LogP contribution in [0.4, 0.5) is 5.69 Å². The molecule has 1 N–H and O–H groups in total. The van der Waals surface area contributed by atoms with Crippen LogP contribution in [0.2, 0.25) is 0 Å². The fraction of sp³-hybridized carbons (Fsp3) is 0.625. The van der Waals surface area contributed by atoms with Crippen LogP contribution < -0.4 is 14.8 Å². The summed E-state index contributed by atoms with van der Waals surface area (Å²) >= 11 is 0. The van der Waals surface area contributed by atoms with Gasteiger partial charge in [-0.2, -0.15) is 0 Å². The SMILES string of the molecule is COc1cc2c(NC3CC3)c3c(nc2cc1OCCCN1CCCC1)CCCC3. The number of fused-ring (bicyclic) bond motifs is 2. The predicted octanol–water partition coefficient (Wildman–Crippen LogP) is 4.56. The fourth-order valence-electron chi connectivity index (χ4n) is 4.78. The summed E-state index contributed by atoms with van der Waals surface area (Å²) in [6.07, 6.45) is 11.0. The van der Waals surface area contributed by atoms with E-state index < -0.39 is 0 Å². The molecule has 5 rings (SSSR count). The Morgan fingerprint density at radius 1 is 1.07 bits per heavy atom. The molecule has 2 fully saturated rings. The molecule has 1 aromatic carbocycles. The van der Waals surface area contributed by atoms with Gasteiger partial charge in [-0.25, -0.2) is 0 Å². The van der Waals surface area contributed by atoms with Crippen molar-refractivity contribution in [3.63, 3.8) is 0 Å². The molecule has 0 atom stereocenters. The average Bonchev–Trinajstić information content (AvgIpc) is 3.42. The van der Waals surface area contributed by atoms with Crippen molar-refractivity contribution >= 4 is 16.6 Å². The Hall–Kier alpha value is -2.01. The van der Waals surface area contributed by atoms with Gasteiger partial charge in [-0.15, -0.1) is 0 Å². The number of aromatic nitrogens is 1. The van der Waals surface area contributed by atoms with Crippen LogP contribution in [0.15, 0.2) is 12.1 Å². The summed E-state index contributed by atoms with van der Waals surface area (Å²) in [6, 6.07) is 4.86. The van der Waals surface area contributed by atoms with Gasteiger partial charge in [0, 0.05) is 35.4 Å². The van der Waals surface area contributed by atoms with Gasteiger partial charge >= 0.3 is 0 Å². The van der Waals surface area contributed by atoms with Crippen LogP contribution in [0.1, 0.15) is 56.2 Å². The molecule has 2 aromatic rings. The molecule has 0 bridgehead atoms. The van der Waals surface area contributed by atoms with Crippen LogP contribution in [0, 0.1) is 0 Å². The summed E-state index contributed by atoms with van der Waals surface area (Å²) in [4.78, 5) is 7.58. The van der Waals surface area contributed by atoms with Crippen molar-refractivity contribution in [3.8, 4) is 11.5 Å². The lowest BCUT2D eigenvalue weighted by molar-refractivity contribution is 0.254. The second kappa shape index (κ2) is 8.39. The molecule has 29 heavy (non-hydrogen) atoms. The largest absolute Gasteiger partial charge is 0.493 e. The smallest absolute Gasteiger partial charge is 0.163 e. The number of anilines is 1. The van der Waals surface area contributed by atoms with Gasteiger partial charge in [-0.1, -0.05) is 0 Å². The van der Waals surface area contributed by atoms with Crippen molar-refractivity contribution < 1.29 is 9.47 Å². The molecule has 0 radical (unpaired) electrons. The molecule has 1 saturated heterocycles. The molecule has 2 heterocycles. The van der Waals surface area contributed by atoms with Crippen molar-refractivity contribution in [2.75, 3.05) is 38.7 Å². The molecule has 2 aliphatic carbocycles. The summed E-state index contributed by atoms with van der Waals surface area (Å²) in [6.45, 7) is 4.32. The Labute approximate surface area is 173 Å². The van der Waals surface area contributed by atoms with Gasteiger partial charge < -0.3 is 19.7 Å². The van der Waals surface area contributed by atoms with E-state index >= 15 is 0 Å². The van der Waals surface area contributed by atoms with E-state index in [-0.39, 0.29) is 0 Å². The van der Waals surface area contributed by atoms with Crippen molar-refractivity contribution in [1.29, 1.82) is 0 Å². The van der Waals surface area contributed by atoms with Crippen LogP contribution >= 0.6 is 0 Å². The highest BCUT2D eigenvalue weighted by molar-refractivity contribution is 5.96. The van der Waals surface area contributed by atoms with Gasteiger partial charge in [-0.05, 0) is 82.5 Å². The van der Waals surface area contributed by atoms with E-state index in [4.69, 9.17) is 14.5 Å². The van der Waals surface area contributed by atoms with Gasteiger partial charge in [0.05, 0.1) is 19.2 Å². The fourth-order valence-corrected chi connectivity index (χ4v) is 4.78. The van der Waals surface area contributed by atoms with E-state index in [0.29, 0.717) is 6.04 Å². The molecule has 1 aliphatic heterocycles. The van der Waals surface area contributed by atoms with Crippen LogP contribution in [-0.2, 0) is 12.8 Å². The molecule has 5 heteroatoms. The van der Waals surface area contributed by atoms with Crippen LogP contribution in [0.3, 0.4) is 0 Å². The number of methoxy groups -OCH3 is 1. The van der Waals surface area contributed by atoms with E-state index in [1.165, 1.54) is 73.9 Å². The van der Waals surface area contributed by atoms with E-state index in [0.717, 1.165) is 49.4 Å². The van der Waals surface area contributed by atoms with E-state index in [1.54, 1.807) is 7.11 Å². The first kappa shape index (κ1) is 19.0. The number of nitrogens with zero attached hydrogens (tertiary/aromatic N) is 2. The third-order valence-corrected chi connectivity index (χ3v) is 6.55. The Bertz CT molecular complexity index is 872. The second-order valence-electron chi connectivity index (χ2n) is 8.81. The van der Waals surface area contributed by atoms with E-state index in [2.05, 4.69) is 22.3 Å². The van der Waals surface area contributed by atoms with Crippen molar-refractivity contribution in [1.82, 2.24) is 9.88 Å². The maximum absolute atomic E-state index is 6.16. The van der Waals surface area contributed by atoms with Gasteiger partial charge in [0.1, 0.15) is 0 Å². The van der Waals surface area contributed by atoms with Gasteiger partial charge in [-0.3, -0.25) is 4.98 Å². The number of hydrogen-bond acceptors (Lipinski definition) is 5. The van der Waals surface area contributed by atoms with Crippen LogP contribution in [0.5, 0.6) is 11.5 Å². The monoisotopic (exact) mass is 395 g/mol. The zero-order chi connectivity index (χ0) is 19.6. The highest BCUT2D eigenvalue weighted by Gasteiger charge is 2.26. The molecule has 156 valence electrons. The number of pyridine rings is 1. The minimum atomic E-state index is 0.624. The lowest BCUT2D eigenvalue weighted by Crippen LogP contribution is -2.22. The summed E-state index contributed by atoms with van der Waals surface area (Å²) in [7, 11) is 1.73. The first-order chi connectivity index (χ1) is 14.3. The van der Waals surface area contributed by atoms with Crippen LogP contribution in [0.25, 0.3) is 10.9 Å². The standard InChI is InChI=1S/C24H33N3O2/c1-28-22-15-19-21(16-23(22)29-14-6-13-27-11-4-5-12-27)26-20-8-3-2-7-18(20)24(19)25-17-9-10-17/h15-17H,2-14H2,1H3,(H,25,26). The number of rotatable bonds is 8. The minimum Gasteiger partial charge on any atom is -0.493 e. The summed E-state index contributed by atoms with van der Waals surface area (Å²) < 4.78 is 11.9. The molecule has 1 aromatic heterocycles. The Morgan fingerprint density at radius 3 is 2.69 bits per heavy atom. The van der Waals surface area contributed by atoms with E-state index in [1.807, 2.05) is 0 Å². The van der Waals surface area contributed by atoms with Gasteiger partial charge in [0.2, 0.25) is 0 Å². The summed E-state index contributed by atoms with van der Waals surface area (Å²) in [5.74, 6) is 1.64. The first-order valence-electron chi connectivity index (χ1n) is 11.5. The number of nitrogens with one attached hydrogen (secondary N) is 1. The Kier molecular flexibility index (Phi) is 5.49. The zero-order valence-corrected chi connectivity index (χ0v) is 17.6. The maximum Gasteiger partial charge on any atom is 0.163 e. The molecule has 3 aliphatic rings. The van der Waals surface area contributed by atoms with E-state index in [9.17, 15) is 0 Å². The lowest BCUT2D eigenvalue weighted by Gasteiger charge is -2.22. The number of likely N-dealkylation sites (tertiary alicyclic amines) is 1. The number of aryl methyl sites for hydroxylation is 1. The maximum atomic E-state index is 6.16. The average molecular weight is 396 g/mol. The summed E-state index contributed by atoms with van der Waals surface area (Å²) in [5, 5.41) is 4.98. The topological polar surface area (TPSA) is 46.6 Å². The minimum absolute atomic E-state index is 0.624. The Balaban J connectivity index is 1.40. The second-order valence-corrected chi connectivity index (χ2v) is 8.81. The highest BCUT2D eigenvalue weighted by atomic mass is 16.5. The van der Waals surface area contributed by atoms with Crippen LogP contribution in [-0.4, -0.2) is 49.3 Å². The zero-order valence-electron chi connectivity index (χ0n) is 17.6. The first-order valence-corrected chi connectivity index (χ1v) is 11.5. The normalized spacial score (nSPS) is 19.3. The number of benzene rings is 1. The van der Waals surface area contributed by atoms with Gasteiger partial charge in [0.25, 0.3) is 0 Å². The lowest BCUT2D eigenvalue weighted by atomic mass is 9.92. The molecular weight excluding hydrogens is 362 g/mol. The molecule has 0 unspecified atom stereocenters. The predicted molar refractivity (Wildman–Crippen MR) is 117 cm³/mol.